The van der Waals surface area contributed by atoms with Crippen molar-refractivity contribution in [3.05, 3.63) is 11.6 Å². The Morgan fingerprint density at radius 1 is 1.32 bits per heavy atom. The summed E-state index contributed by atoms with van der Waals surface area (Å²) in [4.78, 5) is 2.42. The maximum atomic E-state index is 5.83. The molecule has 0 amide bonds. The molecular formula is C14H27N5. The lowest BCUT2D eigenvalue weighted by Gasteiger charge is -2.31. The van der Waals surface area contributed by atoms with Crippen molar-refractivity contribution in [1.29, 1.82) is 0 Å². The number of fused-ring (bicyclic) bond motifs is 1. The van der Waals surface area contributed by atoms with Crippen LogP contribution in [-0.4, -0.2) is 39.3 Å². The maximum absolute atomic E-state index is 5.83. The molecule has 0 radical (unpaired) electrons. The number of aromatic nitrogens is 3. The number of aryl methyl sites for hydroxylation is 1. The second kappa shape index (κ2) is 6.01. The van der Waals surface area contributed by atoms with Crippen molar-refractivity contribution < 1.29 is 0 Å². The van der Waals surface area contributed by atoms with Crippen LogP contribution in [0.4, 0.5) is 0 Å². The van der Waals surface area contributed by atoms with E-state index in [1.54, 1.807) is 0 Å². The van der Waals surface area contributed by atoms with E-state index in [2.05, 4.69) is 40.4 Å². The van der Waals surface area contributed by atoms with Crippen LogP contribution in [0.25, 0.3) is 0 Å². The lowest BCUT2D eigenvalue weighted by molar-refractivity contribution is 0.177. The topological polar surface area (TPSA) is 60.0 Å². The van der Waals surface area contributed by atoms with Crippen LogP contribution in [0.3, 0.4) is 0 Å². The van der Waals surface area contributed by atoms with Crippen molar-refractivity contribution in [2.24, 2.45) is 11.1 Å². The number of rotatable bonds is 6. The van der Waals surface area contributed by atoms with Gasteiger partial charge in [0.2, 0.25) is 0 Å². The minimum atomic E-state index is 0.154. The third-order valence-corrected chi connectivity index (χ3v) is 3.95. The molecule has 19 heavy (non-hydrogen) atoms. The zero-order valence-electron chi connectivity index (χ0n) is 12.5. The zero-order chi connectivity index (χ0) is 13.9. The van der Waals surface area contributed by atoms with Crippen molar-refractivity contribution in [2.45, 2.75) is 53.1 Å². The van der Waals surface area contributed by atoms with Crippen LogP contribution in [0.5, 0.6) is 0 Å². The number of hydrogen-bond donors (Lipinski definition) is 1. The molecule has 1 aromatic rings. The Balaban J connectivity index is 2.04. The van der Waals surface area contributed by atoms with Gasteiger partial charge < -0.3 is 10.3 Å². The quantitative estimate of drug-likeness (QED) is 0.845. The van der Waals surface area contributed by atoms with Crippen LogP contribution in [0.1, 0.15) is 45.3 Å². The lowest BCUT2D eigenvalue weighted by atomic mass is 9.93. The fourth-order valence-corrected chi connectivity index (χ4v) is 2.63. The van der Waals surface area contributed by atoms with E-state index in [1.165, 1.54) is 12.8 Å². The summed E-state index contributed by atoms with van der Waals surface area (Å²) < 4.78 is 2.31. The van der Waals surface area contributed by atoms with Crippen LogP contribution in [0.2, 0.25) is 0 Å². The molecule has 0 aliphatic carbocycles. The second-order valence-corrected chi connectivity index (χ2v) is 6.31. The van der Waals surface area contributed by atoms with Crippen molar-refractivity contribution in [2.75, 3.05) is 19.6 Å². The number of hydrogen-bond acceptors (Lipinski definition) is 4. The highest BCUT2D eigenvalue weighted by Gasteiger charge is 2.22. The summed E-state index contributed by atoms with van der Waals surface area (Å²) in [5.41, 5.74) is 5.99. The molecule has 2 N–H and O–H groups in total. The third-order valence-electron chi connectivity index (χ3n) is 3.95. The summed E-state index contributed by atoms with van der Waals surface area (Å²) in [5.74, 6) is 2.28. The Morgan fingerprint density at radius 2 is 2.11 bits per heavy atom. The largest absolute Gasteiger partial charge is 0.330 e. The molecule has 0 spiro atoms. The molecule has 0 saturated carbocycles. The molecule has 0 atom stereocenters. The zero-order valence-corrected chi connectivity index (χ0v) is 12.5. The van der Waals surface area contributed by atoms with E-state index in [1.807, 2.05) is 0 Å². The van der Waals surface area contributed by atoms with E-state index in [4.69, 9.17) is 5.73 Å². The molecule has 1 aliphatic heterocycles. The second-order valence-electron chi connectivity index (χ2n) is 6.31. The molecule has 0 saturated heterocycles. The Labute approximate surface area is 116 Å². The van der Waals surface area contributed by atoms with Crippen LogP contribution in [0, 0.1) is 5.41 Å². The first-order chi connectivity index (χ1) is 9.05. The van der Waals surface area contributed by atoms with Gasteiger partial charge in [-0.1, -0.05) is 20.8 Å². The highest BCUT2D eigenvalue weighted by atomic mass is 15.3. The molecule has 1 aliphatic rings. The van der Waals surface area contributed by atoms with Crippen LogP contribution in [-0.2, 0) is 19.5 Å². The van der Waals surface area contributed by atoms with E-state index in [-0.39, 0.29) is 5.41 Å². The molecule has 2 heterocycles. The summed E-state index contributed by atoms with van der Waals surface area (Å²) in [7, 11) is 0. The molecule has 0 unspecified atom stereocenters. The van der Waals surface area contributed by atoms with Crippen molar-refractivity contribution >= 4 is 0 Å². The first-order valence-electron chi connectivity index (χ1n) is 7.39. The SMILES string of the molecule is CCN(Cc1nnc2n1CCCC2)CC(C)(C)CN. The number of nitrogens with two attached hydrogens (primary N) is 1. The van der Waals surface area contributed by atoms with Crippen LogP contribution in [0.15, 0.2) is 0 Å². The smallest absolute Gasteiger partial charge is 0.147 e. The molecule has 5 heteroatoms. The summed E-state index contributed by atoms with van der Waals surface area (Å²) >= 11 is 0. The molecule has 1 aromatic heterocycles. The van der Waals surface area contributed by atoms with Crippen molar-refractivity contribution in [3.63, 3.8) is 0 Å². The van der Waals surface area contributed by atoms with Crippen molar-refractivity contribution in [1.82, 2.24) is 19.7 Å². The van der Waals surface area contributed by atoms with Gasteiger partial charge in [0.25, 0.3) is 0 Å². The Bertz CT molecular complexity index is 410. The highest BCUT2D eigenvalue weighted by molar-refractivity contribution is 4.99. The van der Waals surface area contributed by atoms with E-state index in [9.17, 15) is 0 Å². The van der Waals surface area contributed by atoms with Gasteiger partial charge in [0.1, 0.15) is 11.6 Å². The van der Waals surface area contributed by atoms with Gasteiger partial charge in [0.05, 0.1) is 6.54 Å². The summed E-state index contributed by atoms with van der Waals surface area (Å²) in [6.45, 7) is 11.3. The fourth-order valence-electron chi connectivity index (χ4n) is 2.63. The average molecular weight is 265 g/mol. The Morgan fingerprint density at radius 3 is 2.79 bits per heavy atom. The normalized spacial score (nSPS) is 15.8. The van der Waals surface area contributed by atoms with Gasteiger partial charge >= 0.3 is 0 Å². The average Bonchev–Trinajstić information content (AvgIpc) is 2.81. The summed E-state index contributed by atoms with van der Waals surface area (Å²) in [6, 6.07) is 0. The van der Waals surface area contributed by atoms with Gasteiger partial charge in [-0.15, -0.1) is 10.2 Å². The van der Waals surface area contributed by atoms with Gasteiger partial charge in [-0.25, -0.2) is 0 Å². The monoisotopic (exact) mass is 265 g/mol. The molecule has 2 rings (SSSR count). The predicted octanol–water partition coefficient (Wildman–Crippen LogP) is 1.42. The summed E-state index contributed by atoms with van der Waals surface area (Å²) in [6.07, 6.45) is 3.57. The fraction of sp³-hybridized carbons (Fsp3) is 0.857. The molecular weight excluding hydrogens is 238 g/mol. The van der Waals surface area contributed by atoms with Gasteiger partial charge in [0, 0.05) is 19.5 Å². The Kier molecular flexibility index (Phi) is 4.58. The van der Waals surface area contributed by atoms with Crippen molar-refractivity contribution in [3.8, 4) is 0 Å². The first-order valence-corrected chi connectivity index (χ1v) is 7.39. The minimum Gasteiger partial charge on any atom is -0.330 e. The van der Waals surface area contributed by atoms with E-state index >= 15 is 0 Å². The molecule has 5 nitrogen and oxygen atoms in total. The molecule has 0 bridgehead atoms. The third kappa shape index (κ3) is 3.54. The highest BCUT2D eigenvalue weighted by Crippen LogP contribution is 2.18. The van der Waals surface area contributed by atoms with Gasteiger partial charge in [-0.3, -0.25) is 4.90 Å². The summed E-state index contributed by atoms with van der Waals surface area (Å²) in [5, 5.41) is 8.70. The first kappa shape index (κ1) is 14.5. The van der Waals surface area contributed by atoms with Gasteiger partial charge in [0.15, 0.2) is 0 Å². The van der Waals surface area contributed by atoms with E-state index in [0.29, 0.717) is 6.54 Å². The minimum absolute atomic E-state index is 0.154. The molecule has 108 valence electrons. The van der Waals surface area contributed by atoms with Crippen LogP contribution >= 0.6 is 0 Å². The number of nitrogens with zero attached hydrogens (tertiary/aromatic N) is 4. The standard InChI is InChI=1S/C14H27N5/c1-4-18(11-14(2,3)10-15)9-13-17-16-12-7-5-6-8-19(12)13/h4-11,15H2,1-3H3. The van der Waals surface area contributed by atoms with Crippen LogP contribution < -0.4 is 5.73 Å². The van der Waals surface area contributed by atoms with Gasteiger partial charge in [-0.05, 0) is 31.3 Å². The molecule has 0 aromatic carbocycles. The van der Waals surface area contributed by atoms with E-state index < -0.39 is 0 Å². The Hall–Kier alpha value is -0.940. The molecule has 0 fully saturated rings. The van der Waals surface area contributed by atoms with Gasteiger partial charge in [-0.2, -0.15) is 0 Å². The maximum Gasteiger partial charge on any atom is 0.147 e. The van der Waals surface area contributed by atoms with E-state index in [0.717, 1.165) is 44.2 Å². The predicted molar refractivity (Wildman–Crippen MR) is 76.7 cm³/mol. The lowest BCUT2D eigenvalue weighted by Crippen LogP contribution is -2.39.